The monoisotopic (exact) mass is 466 g/mol. The van der Waals surface area contributed by atoms with E-state index in [1.807, 2.05) is 23.9 Å². The summed E-state index contributed by atoms with van der Waals surface area (Å²) in [5.41, 5.74) is 0. The van der Waals surface area contributed by atoms with Crippen molar-refractivity contribution in [2.75, 3.05) is 39.5 Å². The molecule has 2 atom stereocenters. The van der Waals surface area contributed by atoms with Gasteiger partial charge < -0.3 is 15.1 Å². The molecule has 0 amide bonds. The first-order valence-electron chi connectivity index (χ1n) is 8.40. The lowest BCUT2D eigenvalue weighted by atomic mass is 10.1. The maximum Gasteiger partial charge on any atom is 0.191 e. The Morgan fingerprint density at radius 1 is 1.46 bits per heavy atom. The Morgan fingerprint density at radius 3 is 2.79 bits per heavy atom. The van der Waals surface area contributed by atoms with Crippen molar-refractivity contribution in [3.63, 3.8) is 0 Å². The fourth-order valence-electron chi connectivity index (χ4n) is 2.76. The Balaban J connectivity index is 0.00000288. The summed E-state index contributed by atoms with van der Waals surface area (Å²) in [6.07, 6.45) is 4.29. The molecule has 0 radical (unpaired) electrons. The second-order valence-corrected chi connectivity index (χ2v) is 8.16. The van der Waals surface area contributed by atoms with Crippen LogP contribution in [0.5, 0.6) is 0 Å². The van der Waals surface area contributed by atoms with Crippen molar-refractivity contribution in [2.45, 2.75) is 37.5 Å². The molecule has 0 aliphatic carbocycles. The lowest BCUT2D eigenvalue weighted by molar-refractivity contribution is 0.258. The molecule has 7 heteroatoms. The molecule has 24 heavy (non-hydrogen) atoms. The summed E-state index contributed by atoms with van der Waals surface area (Å²) < 4.78 is 5.86. The van der Waals surface area contributed by atoms with Gasteiger partial charge in [0.2, 0.25) is 0 Å². The Hall–Kier alpha value is -0.410. The van der Waals surface area contributed by atoms with Gasteiger partial charge in [-0.3, -0.25) is 9.89 Å². The van der Waals surface area contributed by atoms with Gasteiger partial charge in [-0.15, -0.1) is 24.0 Å². The van der Waals surface area contributed by atoms with Crippen LogP contribution in [0.3, 0.4) is 0 Å². The minimum atomic E-state index is 0. The molecule has 2 N–H and O–H groups in total. The number of rotatable bonds is 7. The Morgan fingerprint density at radius 2 is 2.25 bits per heavy atom. The zero-order valence-corrected chi connectivity index (χ0v) is 18.3. The first kappa shape index (κ1) is 21.6. The maximum atomic E-state index is 5.56. The van der Waals surface area contributed by atoms with Gasteiger partial charge in [0.15, 0.2) is 5.96 Å². The molecule has 2 unspecified atom stereocenters. The van der Waals surface area contributed by atoms with Crippen LogP contribution in [0, 0.1) is 0 Å². The second kappa shape index (κ2) is 10.6. The van der Waals surface area contributed by atoms with Gasteiger partial charge in [-0.25, -0.2) is 0 Å². The summed E-state index contributed by atoms with van der Waals surface area (Å²) in [5, 5.41) is 6.80. The molecule has 0 aromatic carbocycles. The van der Waals surface area contributed by atoms with Gasteiger partial charge in [0, 0.05) is 17.8 Å². The molecule has 1 aliphatic heterocycles. The van der Waals surface area contributed by atoms with Crippen molar-refractivity contribution in [3.8, 4) is 0 Å². The summed E-state index contributed by atoms with van der Waals surface area (Å²) in [5.74, 6) is 3.12. The van der Waals surface area contributed by atoms with Crippen LogP contribution in [0.1, 0.15) is 38.5 Å². The SMILES string of the molecule is CCNC(=NCC1(C)CCCS1)NCC(c1ccco1)N(C)C.I. The van der Waals surface area contributed by atoms with Crippen LogP contribution in [-0.4, -0.2) is 55.1 Å². The smallest absolute Gasteiger partial charge is 0.191 e. The number of aliphatic imine (C=N–C) groups is 1. The molecule has 2 heterocycles. The van der Waals surface area contributed by atoms with Crippen LogP contribution in [0.25, 0.3) is 0 Å². The van der Waals surface area contributed by atoms with Crippen molar-refractivity contribution < 1.29 is 4.42 Å². The lowest BCUT2D eigenvalue weighted by Gasteiger charge is -2.25. The van der Waals surface area contributed by atoms with Crippen molar-refractivity contribution in [3.05, 3.63) is 24.2 Å². The molecule has 2 rings (SSSR count). The number of guanidine groups is 1. The third-order valence-corrected chi connectivity index (χ3v) is 5.70. The molecule has 1 aromatic heterocycles. The van der Waals surface area contributed by atoms with E-state index >= 15 is 0 Å². The molecule has 1 saturated heterocycles. The predicted molar refractivity (Wildman–Crippen MR) is 115 cm³/mol. The van der Waals surface area contributed by atoms with E-state index in [9.17, 15) is 0 Å². The van der Waals surface area contributed by atoms with Crippen molar-refractivity contribution in [1.82, 2.24) is 15.5 Å². The van der Waals surface area contributed by atoms with E-state index in [2.05, 4.69) is 43.5 Å². The molecular formula is C17H31IN4OS. The van der Waals surface area contributed by atoms with Crippen LogP contribution in [0.15, 0.2) is 27.8 Å². The number of hydrogen-bond acceptors (Lipinski definition) is 4. The fraction of sp³-hybridized carbons (Fsp3) is 0.706. The summed E-state index contributed by atoms with van der Waals surface area (Å²) >= 11 is 2.05. The fourth-order valence-corrected chi connectivity index (χ4v) is 3.99. The summed E-state index contributed by atoms with van der Waals surface area (Å²) in [6.45, 7) is 6.90. The molecule has 138 valence electrons. The van der Waals surface area contributed by atoms with Crippen molar-refractivity contribution in [1.29, 1.82) is 0 Å². The van der Waals surface area contributed by atoms with Gasteiger partial charge in [0.05, 0.1) is 18.8 Å². The van der Waals surface area contributed by atoms with Crippen LogP contribution >= 0.6 is 35.7 Å². The van der Waals surface area contributed by atoms with Gasteiger partial charge >= 0.3 is 0 Å². The topological polar surface area (TPSA) is 52.8 Å². The number of nitrogens with zero attached hydrogens (tertiary/aromatic N) is 2. The highest BCUT2D eigenvalue weighted by atomic mass is 127. The van der Waals surface area contributed by atoms with E-state index in [1.54, 1.807) is 6.26 Å². The molecule has 1 aromatic rings. The first-order valence-corrected chi connectivity index (χ1v) is 9.38. The highest BCUT2D eigenvalue weighted by Gasteiger charge is 2.29. The predicted octanol–water partition coefficient (Wildman–Crippen LogP) is 3.34. The van der Waals surface area contributed by atoms with E-state index in [1.165, 1.54) is 18.6 Å². The molecular weight excluding hydrogens is 435 g/mol. The maximum absolute atomic E-state index is 5.56. The Bertz CT molecular complexity index is 487. The zero-order chi connectivity index (χ0) is 16.7. The second-order valence-electron chi connectivity index (χ2n) is 6.47. The van der Waals surface area contributed by atoms with Crippen molar-refractivity contribution >= 4 is 41.7 Å². The van der Waals surface area contributed by atoms with E-state index in [4.69, 9.17) is 9.41 Å². The summed E-state index contributed by atoms with van der Waals surface area (Å²) in [4.78, 5) is 6.96. The van der Waals surface area contributed by atoms with Gasteiger partial charge in [-0.2, -0.15) is 11.8 Å². The van der Waals surface area contributed by atoms with E-state index < -0.39 is 0 Å². The highest BCUT2D eigenvalue weighted by molar-refractivity contribution is 14.0. The standard InChI is InChI=1S/C17H30N4OS.HI/c1-5-18-16(20-13-17(2)9-7-11-23-17)19-12-14(21(3)4)15-8-6-10-22-15;/h6,8,10,14H,5,7,9,11-13H2,1-4H3,(H2,18,19,20);1H. The van der Waals surface area contributed by atoms with Gasteiger partial charge in [0.25, 0.3) is 0 Å². The summed E-state index contributed by atoms with van der Waals surface area (Å²) in [6, 6.07) is 4.14. The lowest BCUT2D eigenvalue weighted by Crippen LogP contribution is -2.42. The molecule has 1 aliphatic rings. The minimum Gasteiger partial charge on any atom is -0.468 e. The summed E-state index contributed by atoms with van der Waals surface area (Å²) in [7, 11) is 4.13. The number of thioether (sulfide) groups is 1. The van der Waals surface area contributed by atoms with Crippen molar-refractivity contribution in [2.24, 2.45) is 4.99 Å². The van der Waals surface area contributed by atoms with E-state index in [0.717, 1.165) is 31.4 Å². The third-order valence-electron chi connectivity index (χ3n) is 4.17. The van der Waals surface area contributed by atoms with Gasteiger partial charge in [-0.1, -0.05) is 0 Å². The molecule has 1 fully saturated rings. The van der Waals surface area contributed by atoms with Crippen LogP contribution in [-0.2, 0) is 0 Å². The average molecular weight is 466 g/mol. The quantitative estimate of drug-likeness (QED) is 0.367. The normalized spacial score (nSPS) is 22.3. The molecule has 0 spiro atoms. The van der Waals surface area contributed by atoms with Gasteiger partial charge in [0.1, 0.15) is 5.76 Å². The molecule has 5 nitrogen and oxygen atoms in total. The largest absolute Gasteiger partial charge is 0.468 e. The Kier molecular flexibility index (Phi) is 9.51. The number of hydrogen-bond donors (Lipinski definition) is 2. The third kappa shape index (κ3) is 6.48. The zero-order valence-electron chi connectivity index (χ0n) is 15.2. The minimum absolute atomic E-state index is 0. The molecule has 0 saturated carbocycles. The van der Waals surface area contributed by atoms with Crippen LogP contribution < -0.4 is 10.6 Å². The number of likely N-dealkylation sites (N-methyl/N-ethyl adjacent to an activating group) is 1. The number of halogens is 1. The first-order chi connectivity index (χ1) is 11.0. The molecule has 0 bridgehead atoms. The average Bonchev–Trinajstić information content (AvgIpc) is 3.17. The van der Waals surface area contributed by atoms with Crippen LogP contribution in [0.2, 0.25) is 0 Å². The van der Waals surface area contributed by atoms with Gasteiger partial charge in [-0.05, 0) is 58.7 Å². The number of furan rings is 1. The highest BCUT2D eigenvalue weighted by Crippen LogP contribution is 2.37. The number of nitrogens with one attached hydrogen (secondary N) is 2. The van der Waals surface area contributed by atoms with E-state index in [-0.39, 0.29) is 30.0 Å². The van der Waals surface area contributed by atoms with Crippen LogP contribution in [0.4, 0.5) is 0 Å². The Labute approximate surface area is 167 Å². The van der Waals surface area contributed by atoms with E-state index in [0.29, 0.717) is 4.75 Å².